The molecular formula is C11H8ClF3O2S. The minimum Gasteiger partial charge on any atom is -0.465 e. The summed E-state index contributed by atoms with van der Waals surface area (Å²) in [6, 6.07) is 6.13. The van der Waals surface area contributed by atoms with Crippen molar-refractivity contribution >= 4 is 35.4 Å². The number of halogens is 4. The summed E-state index contributed by atoms with van der Waals surface area (Å²) in [7, 11) is 1.02. The maximum atomic E-state index is 12.3. The molecule has 0 heterocycles. The molecule has 1 rings (SSSR count). The van der Waals surface area contributed by atoms with E-state index in [2.05, 4.69) is 4.74 Å². The van der Waals surface area contributed by atoms with Gasteiger partial charge >= 0.3 is 11.5 Å². The Morgan fingerprint density at radius 3 is 2.61 bits per heavy atom. The molecule has 0 saturated heterocycles. The van der Waals surface area contributed by atoms with Crippen LogP contribution in [0.25, 0.3) is 6.08 Å². The highest BCUT2D eigenvalue weighted by atomic mass is 35.5. The molecule has 0 N–H and O–H groups in total. The van der Waals surface area contributed by atoms with Gasteiger partial charge in [-0.2, -0.15) is 13.2 Å². The molecule has 1 aromatic carbocycles. The van der Waals surface area contributed by atoms with Crippen LogP contribution in [0.3, 0.4) is 0 Å². The highest BCUT2D eigenvalue weighted by Crippen LogP contribution is 2.37. The number of methoxy groups -OCH3 is 1. The number of alkyl halides is 3. The number of esters is 1. The molecule has 0 fully saturated rings. The van der Waals surface area contributed by atoms with Crippen LogP contribution in [0, 0.1) is 0 Å². The summed E-state index contributed by atoms with van der Waals surface area (Å²) in [6.45, 7) is 0. The second-order valence-corrected chi connectivity index (χ2v) is 4.65. The third-order valence-electron chi connectivity index (χ3n) is 1.76. The number of hydrogen-bond donors (Lipinski definition) is 0. The Morgan fingerprint density at radius 1 is 1.44 bits per heavy atom. The highest BCUT2D eigenvalue weighted by molar-refractivity contribution is 8.04. The lowest BCUT2D eigenvalue weighted by Crippen LogP contribution is -2.08. The fraction of sp³-hybridized carbons (Fsp3) is 0.182. The molecule has 0 unspecified atom stereocenters. The van der Waals surface area contributed by atoms with Gasteiger partial charge in [0.15, 0.2) is 0 Å². The van der Waals surface area contributed by atoms with Gasteiger partial charge in [0.1, 0.15) is 4.91 Å². The van der Waals surface area contributed by atoms with E-state index in [-0.39, 0.29) is 0 Å². The standard InChI is InChI=1S/C11H8ClF3O2S/c1-17-10(16)9(18-11(13,14)15)6-7-3-2-4-8(12)5-7/h2-6H,1H3/b9-6-. The summed E-state index contributed by atoms with van der Waals surface area (Å²) in [5.74, 6) is -1.04. The Labute approximate surface area is 111 Å². The quantitative estimate of drug-likeness (QED) is 0.620. The number of thioether (sulfide) groups is 1. The van der Waals surface area contributed by atoms with E-state index in [0.717, 1.165) is 13.2 Å². The Balaban J connectivity index is 3.06. The molecule has 2 nitrogen and oxygen atoms in total. The van der Waals surface area contributed by atoms with Crippen LogP contribution in [-0.2, 0) is 9.53 Å². The second-order valence-electron chi connectivity index (χ2n) is 3.10. The van der Waals surface area contributed by atoms with Crippen LogP contribution >= 0.6 is 23.4 Å². The number of ether oxygens (including phenoxy) is 1. The summed E-state index contributed by atoms with van der Waals surface area (Å²) in [5.41, 5.74) is -4.17. The second kappa shape index (κ2) is 6.15. The smallest absolute Gasteiger partial charge is 0.446 e. The molecule has 0 aliphatic rings. The predicted molar refractivity (Wildman–Crippen MR) is 65.1 cm³/mol. The molecule has 0 radical (unpaired) electrons. The minimum absolute atomic E-state index is 0.366. The number of rotatable bonds is 3. The van der Waals surface area contributed by atoms with Gasteiger partial charge in [0, 0.05) is 5.02 Å². The molecule has 0 aromatic heterocycles. The van der Waals surface area contributed by atoms with Crippen LogP contribution in [-0.4, -0.2) is 18.6 Å². The molecule has 0 aliphatic carbocycles. The average molecular weight is 297 g/mol. The molecule has 0 spiro atoms. The lowest BCUT2D eigenvalue weighted by Gasteiger charge is -2.08. The van der Waals surface area contributed by atoms with Crippen LogP contribution < -0.4 is 0 Å². The SMILES string of the molecule is COC(=O)/C(=C/c1cccc(Cl)c1)SC(F)(F)F. The predicted octanol–water partition coefficient (Wildman–Crippen LogP) is 4.11. The molecule has 0 amide bonds. The van der Waals surface area contributed by atoms with E-state index in [0.29, 0.717) is 10.6 Å². The van der Waals surface area contributed by atoms with Crippen molar-refractivity contribution in [1.82, 2.24) is 0 Å². The van der Waals surface area contributed by atoms with Gasteiger partial charge in [0.05, 0.1) is 7.11 Å². The van der Waals surface area contributed by atoms with E-state index < -0.39 is 28.1 Å². The van der Waals surface area contributed by atoms with Crippen LogP contribution in [0.4, 0.5) is 13.2 Å². The molecule has 7 heteroatoms. The topological polar surface area (TPSA) is 26.3 Å². The zero-order chi connectivity index (χ0) is 13.8. The number of hydrogen-bond acceptors (Lipinski definition) is 3. The van der Waals surface area contributed by atoms with E-state index in [1.807, 2.05) is 0 Å². The van der Waals surface area contributed by atoms with E-state index in [9.17, 15) is 18.0 Å². The lowest BCUT2D eigenvalue weighted by atomic mass is 10.2. The molecule has 18 heavy (non-hydrogen) atoms. The maximum absolute atomic E-state index is 12.3. The van der Waals surface area contributed by atoms with Gasteiger partial charge in [0.2, 0.25) is 0 Å². The Hall–Kier alpha value is -1.14. The number of benzene rings is 1. The van der Waals surface area contributed by atoms with Gasteiger partial charge in [-0.1, -0.05) is 23.7 Å². The van der Waals surface area contributed by atoms with Crippen LogP contribution in [0.2, 0.25) is 5.02 Å². The van der Waals surface area contributed by atoms with Gasteiger partial charge in [-0.05, 0) is 35.5 Å². The van der Waals surface area contributed by atoms with E-state index in [1.54, 1.807) is 12.1 Å². The Morgan fingerprint density at radius 2 is 2.11 bits per heavy atom. The minimum atomic E-state index is -4.56. The number of carbonyl (C=O) groups is 1. The number of carbonyl (C=O) groups excluding carboxylic acids is 1. The van der Waals surface area contributed by atoms with Crippen LogP contribution in [0.5, 0.6) is 0 Å². The summed E-state index contributed by atoms with van der Waals surface area (Å²) in [6.07, 6.45) is 1.08. The first kappa shape index (κ1) is 14.9. The van der Waals surface area contributed by atoms with Gasteiger partial charge in [-0.15, -0.1) is 0 Å². The van der Waals surface area contributed by atoms with Crippen molar-refractivity contribution < 1.29 is 22.7 Å². The van der Waals surface area contributed by atoms with Crippen molar-refractivity contribution in [3.8, 4) is 0 Å². The zero-order valence-corrected chi connectivity index (χ0v) is 10.7. The first-order chi connectivity index (χ1) is 8.31. The zero-order valence-electron chi connectivity index (χ0n) is 9.12. The Kier molecular flexibility index (Phi) is 5.10. The summed E-state index contributed by atoms with van der Waals surface area (Å²) >= 11 is 5.18. The largest absolute Gasteiger partial charge is 0.465 e. The van der Waals surface area contributed by atoms with Crippen molar-refractivity contribution in [2.75, 3.05) is 7.11 Å². The molecule has 0 atom stereocenters. The van der Waals surface area contributed by atoms with E-state index in [4.69, 9.17) is 11.6 Å². The highest BCUT2D eigenvalue weighted by Gasteiger charge is 2.33. The summed E-state index contributed by atoms with van der Waals surface area (Å²) in [4.78, 5) is 10.7. The monoisotopic (exact) mass is 296 g/mol. The molecule has 0 aliphatic heterocycles. The normalized spacial score (nSPS) is 12.4. The van der Waals surface area contributed by atoms with Gasteiger partial charge in [-0.3, -0.25) is 0 Å². The van der Waals surface area contributed by atoms with Crippen molar-refractivity contribution in [3.05, 3.63) is 39.8 Å². The molecule has 1 aromatic rings. The van der Waals surface area contributed by atoms with Gasteiger partial charge < -0.3 is 4.74 Å². The first-order valence-electron chi connectivity index (χ1n) is 4.63. The lowest BCUT2D eigenvalue weighted by molar-refractivity contribution is -0.135. The average Bonchev–Trinajstić information content (AvgIpc) is 2.25. The fourth-order valence-electron chi connectivity index (χ4n) is 1.10. The van der Waals surface area contributed by atoms with Crippen molar-refractivity contribution in [1.29, 1.82) is 0 Å². The molecule has 0 bridgehead atoms. The van der Waals surface area contributed by atoms with Gasteiger partial charge in [-0.25, -0.2) is 4.79 Å². The van der Waals surface area contributed by atoms with E-state index in [1.165, 1.54) is 12.1 Å². The summed E-state index contributed by atoms with van der Waals surface area (Å²) < 4.78 is 41.1. The van der Waals surface area contributed by atoms with Crippen molar-refractivity contribution in [2.45, 2.75) is 5.51 Å². The van der Waals surface area contributed by atoms with E-state index >= 15 is 0 Å². The molecule has 98 valence electrons. The van der Waals surface area contributed by atoms with Gasteiger partial charge in [0.25, 0.3) is 0 Å². The molecular weight excluding hydrogens is 289 g/mol. The fourth-order valence-corrected chi connectivity index (χ4v) is 1.91. The maximum Gasteiger partial charge on any atom is 0.446 e. The third-order valence-corrected chi connectivity index (χ3v) is 2.73. The van der Waals surface area contributed by atoms with Crippen molar-refractivity contribution in [3.63, 3.8) is 0 Å². The molecule has 0 saturated carbocycles. The van der Waals surface area contributed by atoms with Crippen molar-refractivity contribution in [2.24, 2.45) is 0 Å². The third kappa shape index (κ3) is 5.01. The first-order valence-corrected chi connectivity index (χ1v) is 5.82. The summed E-state index contributed by atoms with van der Waals surface area (Å²) in [5, 5.41) is 0.366. The Bertz CT molecular complexity index is 472. The van der Waals surface area contributed by atoms with Crippen LogP contribution in [0.1, 0.15) is 5.56 Å². The van der Waals surface area contributed by atoms with Crippen LogP contribution in [0.15, 0.2) is 29.2 Å².